The monoisotopic (exact) mass is 648 g/mol. The Bertz CT molecular complexity index is 2010. The third kappa shape index (κ3) is 5.20. The first-order valence-corrected chi connectivity index (χ1v) is 16.7. The van der Waals surface area contributed by atoms with Crippen LogP contribution >= 0.6 is 0 Å². The summed E-state index contributed by atoms with van der Waals surface area (Å²) in [5.74, 6) is 0.478. The predicted molar refractivity (Wildman–Crippen MR) is 175 cm³/mol. The number of allylic oxidation sites excluding steroid dienone is 2. The van der Waals surface area contributed by atoms with Crippen LogP contribution in [-0.2, 0) is 14.3 Å². The second-order valence-corrected chi connectivity index (χ2v) is 13.2. The van der Waals surface area contributed by atoms with Crippen molar-refractivity contribution in [2.75, 3.05) is 33.0 Å². The number of halogens is 1. The number of nitrogens with zero attached hydrogens (tertiary/aromatic N) is 5. The summed E-state index contributed by atoms with van der Waals surface area (Å²) in [6.07, 6.45) is 5.81. The van der Waals surface area contributed by atoms with E-state index in [0.717, 1.165) is 77.9 Å². The number of benzene rings is 2. The smallest absolute Gasteiger partial charge is 0.253 e. The summed E-state index contributed by atoms with van der Waals surface area (Å²) in [4.78, 5) is 16.2. The molecule has 2 aromatic carbocycles. The summed E-state index contributed by atoms with van der Waals surface area (Å²) in [5.41, 5.74) is 6.17. The number of rotatable bonds is 7. The Morgan fingerprint density at radius 1 is 1.08 bits per heavy atom. The van der Waals surface area contributed by atoms with Crippen molar-refractivity contribution < 1.29 is 23.1 Å². The number of aryl methyl sites for hydroxylation is 1. The summed E-state index contributed by atoms with van der Waals surface area (Å²) in [6.45, 7) is 6.85. The molecule has 0 saturated carbocycles. The normalized spacial score (nSPS) is 22.1. The molecule has 8 rings (SSSR count). The van der Waals surface area contributed by atoms with Gasteiger partial charge in [0.25, 0.3) is 5.91 Å². The van der Waals surface area contributed by atoms with Crippen LogP contribution in [-0.4, -0.2) is 64.6 Å². The predicted octanol–water partition coefficient (Wildman–Crippen LogP) is 5.75. The molecule has 4 aromatic rings. The van der Waals surface area contributed by atoms with E-state index in [1.54, 1.807) is 13.0 Å². The maximum absolute atomic E-state index is 14.5. The third-order valence-corrected chi connectivity index (χ3v) is 10.4. The van der Waals surface area contributed by atoms with Gasteiger partial charge >= 0.3 is 0 Å². The SMILES string of the molecule is Cc1nnc(C2=C(CCC3CCOCC3)NC3=C(C(=O)N4CCOC[C@@H]34)C2c2ccc3c(ccn3C(C)c3ccc(C#N)c(F)c3)c2)o1. The standard InChI is InChI=1S/C37H37FN6O4/c1-21(24-4-5-27(19-39)28(38)18-24)43-12-9-25-17-26(6-8-30(25)43)32-33(36-42-41-22(2)48-36)29(7-3-23-10-14-46-15-11-23)40-35-31-20-47-16-13-44(31)37(45)34(32)35/h4-6,8-9,12,17-18,21,23,31-32,40H,3,7,10-11,13-16,20H2,1-2H3/t21?,31-,32?/m0/s1. The molecule has 2 aromatic heterocycles. The van der Waals surface area contributed by atoms with Crippen molar-refractivity contribution in [3.8, 4) is 6.07 Å². The number of aromatic nitrogens is 3. The molecule has 0 spiro atoms. The fourth-order valence-electron chi connectivity index (χ4n) is 7.83. The third-order valence-electron chi connectivity index (χ3n) is 10.4. The summed E-state index contributed by atoms with van der Waals surface area (Å²) in [7, 11) is 0. The number of dihydropyridines is 1. The number of nitriles is 1. The molecule has 2 unspecified atom stereocenters. The van der Waals surface area contributed by atoms with Crippen LogP contribution in [0.2, 0.25) is 0 Å². The molecule has 10 nitrogen and oxygen atoms in total. The van der Waals surface area contributed by atoms with E-state index < -0.39 is 11.7 Å². The summed E-state index contributed by atoms with van der Waals surface area (Å²) < 4.78 is 34.3. The zero-order chi connectivity index (χ0) is 32.9. The van der Waals surface area contributed by atoms with Gasteiger partial charge in [-0.3, -0.25) is 4.79 Å². The fourth-order valence-corrected chi connectivity index (χ4v) is 7.83. The average molecular weight is 649 g/mol. The quantitative estimate of drug-likeness (QED) is 0.269. The van der Waals surface area contributed by atoms with Crippen LogP contribution in [0.5, 0.6) is 0 Å². The van der Waals surface area contributed by atoms with Gasteiger partial charge in [0.15, 0.2) is 0 Å². The Labute approximate surface area is 277 Å². The van der Waals surface area contributed by atoms with Crippen LogP contribution in [0.1, 0.15) is 73.0 Å². The Balaban J connectivity index is 1.23. The number of fused-ring (bicyclic) bond motifs is 3. The molecular weight excluding hydrogens is 611 g/mol. The van der Waals surface area contributed by atoms with Gasteiger partial charge in [-0.25, -0.2) is 4.39 Å². The summed E-state index contributed by atoms with van der Waals surface area (Å²) in [6, 6.07) is 14.6. The van der Waals surface area contributed by atoms with Crippen molar-refractivity contribution >= 4 is 22.4 Å². The van der Waals surface area contributed by atoms with Gasteiger partial charge in [-0.1, -0.05) is 12.1 Å². The van der Waals surface area contributed by atoms with Gasteiger partial charge in [0.05, 0.1) is 42.1 Å². The van der Waals surface area contributed by atoms with Crippen LogP contribution in [0, 0.1) is 30.0 Å². The van der Waals surface area contributed by atoms with E-state index in [4.69, 9.17) is 13.9 Å². The molecule has 0 bridgehead atoms. The Hall–Kier alpha value is -4.79. The van der Waals surface area contributed by atoms with Crippen molar-refractivity contribution in [2.45, 2.75) is 57.5 Å². The molecule has 11 heteroatoms. The van der Waals surface area contributed by atoms with Crippen LogP contribution in [0.4, 0.5) is 4.39 Å². The lowest BCUT2D eigenvalue weighted by Gasteiger charge is -2.33. The molecule has 4 aliphatic heterocycles. The number of hydrogen-bond acceptors (Lipinski definition) is 8. The van der Waals surface area contributed by atoms with Crippen molar-refractivity contribution in [2.24, 2.45) is 5.92 Å². The van der Waals surface area contributed by atoms with E-state index in [1.165, 1.54) is 12.1 Å². The lowest BCUT2D eigenvalue weighted by molar-refractivity contribution is -0.131. The van der Waals surface area contributed by atoms with Crippen LogP contribution in [0.25, 0.3) is 16.5 Å². The van der Waals surface area contributed by atoms with Crippen LogP contribution < -0.4 is 5.32 Å². The zero-order valence-corrected chi connectivity index (χ0v) is 27.0. The molecule has 1 N–H and O–H groups in total. The highest BCUT2D eigenvalue weighted by Crippen LogP contribution is 2.49. The minimum absolute atomic E-state index is 0.00199. The van der Waals surface area contributed by atoms with Gasteiger partial charge in [0.2, 0.25) is 11.8 Å². The molecule has 6 heterocycles. The molecule has 48 heavy (non-hydrogen) atoms. The highest BCUT2D eigenvalue weighted by Gasteiger charge is 2.49. The minimum Gasteiger partial charge on any atom is -0.421 e. The first-order chi connectivity index (χ1) is 23.4. The Morgan fingerprint density at radius 3 is 2.71 bits per heavy atom. The van der Waals surface area contributed by atoms with Gasteiger partial charge in [-0.2, -0.15) is 5.26 Å². The van der Waals surface area contributed by atoms with E-state index in [-0.39, 0.29) is 23.6 Å². The lowest BCUT2D eigenvalue weighted by Crippen LogP contribution is -2.46. The molecule has 4 aliphatic rings. The molecular formula is C37H37FN6O4. The molecule has 0 aliphatic carbocycles. The summed E-state index contributed by atoms with van der Waals surface area (Å²) >= 11 is 0. The number of amides is 1. The average Bonchev–Trinajstić information content (AvgIpc) is 3.82. The molecule has 2 fully saturated rings. The second kappa shape index (κ2) is 12.3. The Morgan fingerprint density at radius 2 is 1.94 bits per heavy atom. The zero-order valence-electron chi connectivity index (χ0n) is 27.0. The maximum atomic E-state index is 14.5. The van der Waals surface area contributed by atoms with E-state index in [1.807, 2.05) is 30.2 Å². The number of morpholine rings is 1. The number of carbonyl (C=O) groups excluding carboxylic acids is 1. The first-order valence-electron chi connectivity index (χ1n) is 16.7. The number of nitrogens with one attached hydrogen (secondary N) is 1. The van der Waals surface area contributed by atoms with Gasteiger partial charge in [0, 0.05) is 55.6 Å². The van der Waals surface area contributed by atoms with Crippen molar-refractivity contribution in [3.63, 3.8) is 0 Å². The first kappa shape index (κ1) is 30.5. The van der Waals surface area contributed by atoms with E-state index in [2.05, 4.69) is 38.3 Å². The topological polar surface area (TPSA) is 118 Å². The van der Waals surface area contributed by atoms with Crippen LogP contribution in [0.3, 0.4) is 0 Å². The van der Waals surface area contributed by atoms with Crippen LogP contribution in [0.15, 0.2) is 70.0 Å². The molecule has 2 saturated heterocycles. The number of carbonyl (C=O) groups is 1. The molecule has 3 atom stereocenters. The maximum Gasteiger partial charge on any atom is 0.253 e. The molecule has 0 radical (unpaired) electrons. The number of hydrogen-bond donors (Lipinski definition) is 1. The van der Waals surface area contributed by atoms with E-state index in [0.29, 0.717) is 43.0 Å². The Kier molecular flexibility index (Phi) is 7.85. The largest absolute Gasteiger partial charge is 0.421 e. The minimum atomic E-state index is -0.526. The number of ether oxygens (including phenoxy) is 2. The van der Waals surface area contributed by atoms with Gasteiger partial charge in [-0.15, -0.1) is 10.2 Å². The molecule has 246 valence electrons. The van der Waals surface area contributed by atoms with E-state index in [9.17, 15) is 14.4 Å². The van der Waals surface area contributed by atoms with Gasteiger partial charge < -0.3 is 28.7 Å². The van der Waals surface area contributed by atoms with Gasteiger partial charge in [-0.05, 0) is 85.4 Å². The fraction of sp³-hybridized carbons (Fsp3) is 0.405. The highest BCUT2D eigenvalue weighted by atomic mass is 19.1. The van der Waals surface area contributed by atoms with E-state index >= 15 is 0 Å². The highest BCUT2D eigenvalue weighted by molar-refractivity contribution is 6.04. The second-order valence-electron chi connectivity index (χ2n) is 13.2. The van der Waals surface area contributed by atoms with Crippen molar-refractivity contribution in [1.29, 1.82) is 5.26 Å². The van der Waals surface area contributed by atoms with Crippen molar-refractivity contribution in [3.05, 3.63) is 99.9 Å². The van der Waals surface area contributed by atoms with Crippen molar-refractivity contribution in [1.82, 2.24) is 25.0 Å². The molecule has 1 amide bonds. The van der Waals surface area contributed by atoms with Gasteiger partial charge in [0.1, 0.15) is 11.9 Å². The lowest BCUT2D eigenvalue weighted by atomic mass is 9.78. The summed E-state index contributed by atoms with van der Waals surface area (Å²) in [5, 5.41) is 22.6.